The van der Waals surface area contributed by atoms with Crippen LogP contribution in [-0.4, -0.2) is 31.4 Å². The zero-order valence-corrected chi connectivity index (χ0v) is 11.9. The van der Waals surface area contributed by atoms with E-state index in [1.54, 1.807) is 10.9 Å². The Labute approximate surface area is 113 Å². The first kappa shape index (κ1) is 13.0. The van der Waals surface area contributed by atoms with Crippen LogP contribution >= 0.6 is 23.1 Å². The highest BCUT2D eigenvalue weighted by molar-refractivity contribution is 7.99. The van der Waals surface area contributed by atoms with E-state index in [9.17, 15) is 4.79 Å². The van der Waals surface area contributed by atoms with Crippen molar-refractivity contribution < 1.29 is 4.79 Å². The molecule has 96 valence electrons. The molecule has 0 atom stereocenters. The number of hydrogen-bond donors (Lipinski definition) is 1. The molecule has 0 fully saturated rings. The number of aryl methyl sites for hydroxylation is 3. The summed E-state index contributed by atoms with van der Waals surface area (Å²) < 4.78 is 1.77. The summed E-state index contributed by atoms with van der Waals surface area (Å²) in [5, 5.41) is 11.8. The summed E-state index contributed by atoms with van der Waals surface area (Å²) in [7, 11) is 1.84. The van der Waals surface area contributed by atoms with Crippen molar-refractivity contribution in [1.29, 1.82) is 0 Å². The van der Waals surface area contributed by atoms with Crippen molar-refractivity contribution in [3.8, 4) is 0 Å². The van der Waals surface area contributed by atoms with Gasteiger partial charge in [-0.05, 0) is 13.8 Å². The average molecular weight is 283 g/mol. The fraction of sp³-hybridized carbons (Fsp3) is 0.400. The number of aromatic nitrogens is 4. The number of anilines is 1. The lowest BCUT2D eigenvalue weighted by molar-refractivity contribution is -0.113. The van der Waals surface area contributed by atoms with Crippen molar-refractivity contribution in [2.45, 2.75) is 19.0 Å². The van der Waals surface area contributed by atoms with Gasteiger partial charge in [-0.2, -0.15) is 0 Å². The molecule has 0 unspecified atom stereocenters. The molecule has 0 aliphatic carbocycles. The number of carbonyl (C=O) groups excluding carboxylic acids is 1. The van der Waals surface area contributed by atoms with Gasteiger partial charge in [-0.1, -0.05) is 11.8 Å². The van der Waals surface area contributed by atoms with Crippen LogP contribution in [0.2, 0.25) is 0 Å². The van der Waals surface area contributed by atoms with Crippen LogP contribution in [0, 0.1) is 13.8 Å². The molecule has 0 saturated carbocycles. The highest BCUT2D eigenvalue weighted by Crippen LogP contribution is 2.21. The summed E-state index contributed by atoms with van der Waals surface area (Å²) >= 11 is 2.83. The Balaban J connectivity index is 1.87. The molecule has 1 N–H and O–H groups in total. The minimum atomic E-state index is -0.0863. The van der Waals surface area contributed by atoms with Crippen molar-refractivity contribution in [3.05, 3.63) is 16.9 Å². The van der Waals surface area contributed by atoms with Gasteiger partial charge in [0.2, 0.25) is 5.91 Å². The van der Waals surface area contributed by atoms with E-state index < -0.39 is 0 Å². The van der Waals surface area contributed by atoms with Crippen LogP contribution in [0.25, 0.3) is 0 Å². The molecule has 2 heterocycles. The number of nitrogens with one attached hydrogen (secondary N) is 1. The van der Waals surface area contributed by atoms with Crippen LogP contribution in [-0.2, 0) is 11.8 Å². The van der Waals surface area contributed by atoms with Crippen molar-refractivity contribution in [1.82, 2.24) is 19.7 Å². The van der Waals surface area contributed by atoms with Crippen LogP contribution in [0.1, 0.15) is 10.6 Å². The molecule has 0 spiro atoms. The smallest absolute Gasteiger partial charge is 0.236 e. The minimum absolute atomic E-state index is 0.0863. The van der Waals surface area contributed by atoms with Gasteiger partial charge in [0.1, 0.15) is 6.33 Å². The lowest BCUT2D eigenvalue weighted by Crippen LogP contribution is -2.14. The number of thiazole rings is 1. The summed E-state index contributed by atoms with van der Waals surface area (Å²) in [4.78, 5) is 17.1. The second-order valence-corrected chi connectivity index (χ2v) is 5.87. The van der Waals surface area contributed by atoms with Crippen LogP contribution in [0.5, 0.6) is 0 Å². The largest absolute Gasteiger partial charge is 0.312 e. The third-order valence-electron chi connectivity index (χ3n) is 2.28. The Morgan fingerprint density at radius 1 is 1.56 bits per heavy atom. The van der Waals surface area contributed by atoms with E-state index in [1.807, 2.05) is 20.9 Å². The topological polar surface area (TPSA) is 72.7 Å². The summed E-state index contributed by atoms with van der Waals surface area (Å²) in [6.45, 7) is 3.91. The van der Waals surface area contributed by atoms with Crippen molar-refractivity contribution in [2.75, 3.05) is 11.1 Å². The Hall–Kier alpha value is -1.41. The zero-order valence-electron chi connectivity index (χ0n) is 10.3. The number of nitrogens with zero attached hydrogens (tertiary/aromatic N) is 4. The number of thioether (sulfide) groups is 1. The van der Waals surface area contributed by atoms with E-state index in [4.69, 9.17) is 0 Å². The molecule has 8 heteroatoms. The first-order chi connectivity index (χ1) is 8.56. The summed E-state index contributed by atoms with van der Waals surface area (Å²) in [6, 6.07) is 0. The van der Waals surface area contributed by atoms with Gasteiger partial charge in [-0.15, -0.1) is 21.5 Å². The van der Waals surface area contributed by atoms with Crippen LogP contribution < -0.4 is 5.32 Å². The Morgan fingerprint density at radius 3 is 2.89 bits per heavy atom. The molecule has 2 aromatic heterocycles. The van der Waals surface area contributed by atoms with Gasteiger partial charge in [0.25, 0.3) is 0 Å². The fourth-order valence-corrected chi connectivity index (χ4v) is 2.73. The monoisotopic (exact) mass is 283 g/mol. The molecule has 0 saturated heterocycles. The number of hydrogen-bond acceptors (Lipinski definition) is 6. The Kier molecular flexibility index (Phi) is 3.97. The van der Waals surface area contributed by atoms with Gasteiger partial charge in [-0.3, -0.25) is 4.79 Å². The maximum Gasteiger partial charge on any atom is 0.236 e. The minimum Gasteiger partial charge on any atom is -0.312 e. The van der Waals surface area contributed by atoms with Gasteiger partial charge < -0.3 is 9.88 Å². The number of amides is 1. The summed E-state index contributed by atoms with van der Waals surface area (Å²) in [5.74, 6) is 0.209. The maximum absolute atomic E-state index is 11.7. The molecular formula is C10H13N5OS2. The summed E-state index contributed by atoms with van der Waals surface area (Å²) in [6.07, 6.45) is 1.60. The van der Waals surface area contributed by atoms with Gasteiger partial charge in [0, 0.05) is 11.9 Å². The van der Waals surface area contributed by atoms with E-state index in [1.165, 1.54) is 23.1 Å². The SMILES string of the molecule is Cc1nc(NC(=O)CSc2nncn2C)sc1C. The first-order valence-corrected chi connectivity index (χ1v) is 7.07. The maximum atomic E-state index is 11.7. The zero-order chi connectivity index (χ0) is 13.1. The highest BCUT2D eigenvalue weighted by Gasteiger charge is 2.10. The number of carbonyl (C=O) groups is 1. The predicted octanol–water partition coefficient (Wildman–Crippen LogP) is 1.62. The predicted molar refractivity (Wildman–Crippen MR) is 71.9 cm³/mol. The van der Waals surface area contributed by atoms with Gasteiger partial charge in [0.05, 0.1) is 11.4 Å². The Bertz CT molecular complexity index is 543. The van der Waals surface area contributed by atoms with Crippen molar-refractivity contribution >= 4 is 34.1 Å². The van der Waals surface area contributed by atoms with Gasteiger partial charge in [-0.25, -0.2) is 4.98 Å². The molecule has 0 aromatic carbocycles. The van der Waals surface area contributed by atoms with E-state index in [0.717, 1.165) is 15.7 Å². The molecule has 2 rings (SSSR count). The van der Waals surface area contributed by atoms with Crippen LogP contribution in [0.4, 0.5) is 5.13 Å². The molecular weight excluding hydrogens is 270 g/mol. The second kappa shape index (κ2) is 5.49. The second-order valence-electron chi connectivity index (χ2n) is 3.72. The quantitative estimate of drug-likeness (QED) is 0.863. The molecule has 0 radical (unpaired) electrons. The molecule has 0 aliphatic rings. The molecule has 0 bridgehead atoms. The van der Waals surface area contributed by atoms with Crippen LogP contribution in [0.15, 0.2) is 11.5 Å². The molecule has 1 amide bonds. The van der Waals surface area contributed by atoms with Gasteiger partial charge in [0.15, 0.2) is 10.3 Å². The lowest BCUT2D eigenvalue weighted by Gasteiger charge is -2.01. The van der Waals surface area contributed by atoms with E-state index in [2.05, 4.69) is 20.5 Å². The number of rotatable bonds is 4. The third kappa shape index (κ3) is 3.08. The lowest BCUT2D eigenvalue weighted by atomic mass is 10.4. The standard InChI is InChI=1S/C10H13N5OS2/c1-6-7(2)18-9(12-6)13-8(16)4-17-10-14-11-5-15(10)3/h5H,4H2,1-3H3,(H,12,13,16). The molecule has 0 aliphatic heterocycles. The first-order valence-electron chi connectivity index (χ1n) is 5.27. The normalized spacial score (nSPS) is 10.6. The molecule has 6 nitrogen and oxygen atoms in total. The van der Waals surface area contributed by atoms with Crippen molar-refractivity contribution in [3.63, 3.8) is 0 Å². The highest BCUT2D eigenvalue weighted by atomic mass is 32.2. The average Bonchev–Trinajstić information content (AvgIpc) is 2.84. The fourth-order valence-electron chi connectivity index (χ4n) is 1.21. The summed E-state index contributed by atoms with van der Waals surface area (Å²) in [5.41, 5.74) is 0.955. The van der Waals surface area contributed by atoms with E-state index >= 15 is 0 Å². The molecule has 18 heavy (non-hydrogen) atoms. The van der Waals surface area contributed by atoms with Crippen LogP contribution in [0.3, 0.4) is 0 Å². The Morgan fingerprint density at radius 2 is 2.33 bits per heavy atom. The molecule has 2 aromatic rings. The van der Waals surface area contributed by atoms with Gasteiger partial charge >= 0.3 is 0 Å². The van der Waals surface area contributed by atoms with Crippen molar-refractivity contribution in [2.24, 2.45) is 7.05 Å². The third-order valence-corrected chi connectivity index (χ3v) is 4.30. The van der Waals surface area contributed by atoms with E-state index in [-0.39, 0.29) is 5.91 Å². The van der Waals surface area contributed by atoms with E-state index in [0.29, 0.717) is 10.9 Å².